The van der Waals surface area contributed by atoms with Crippen LogP contribution in [0.25, 0.3) is 0 Å². The molecule has 0 saturated heterocycles. The first kappa shape index (κ1) is 11.9. The van der Waals surface area contributed by atoms with E-state index in [9.17, 15) is 10.1 Å². The third-order valence-corrected chi connectivity index (χ3v) is 3.16. The van der Waals surface area contributed by atoms with E-state index in [0.29, 0.717) is 6.04 Å². The van der Waals surface area contributed by atoms with Gasteiger partial charge in [-0.1, -0.05) is 23.8 Å². The number of benzene rings is 1. The lowest BCUT2D eigenvalue weighted by Gasteiger charge is -2.16. The van der Waals surface area contributed by atoms with E-state index in [0.717, 1.165) is 24.1 Å². The Bertz CT molecular complexity index is 478. The third kappa shape index (κ3) is 2.58. The molecule has 0 saturated carbocycles. The summed E-state index contributed by atoms with van der Waals surface area (Å²) >= 11 is 5.88. The van der Waals surface area contributed by atoms with Crippen LogP contribution >= 0.6 is 11.6 Å². The number of rotatable bonds is 3. The molecule has 0 unspecified atom stereocenters. The van der Waals surface area contributed by atoms with Crippen molar-refractivity contribution >= 4 is 23.0 Å². The number of nitrogens with one attached hydrogen (secondary N) is 1. The fourth-order valence-corrected chi connectivity index (χ4v) is 2.15. The van der Waals surface area contributed by atoms with Crippen molar-refractivity contribution in [3.63, 3.8) is 0 Å². The summed E-state index contributed by atoms with van der Waals surface area (Å²) in [5.74, 6) is 0. The predicted octanol–water partition coefficient (Wildman–Crippen LogP) is 3.69. The minimum Gasteiger partial charge on any atom is -0.381 e. The molecular weight excluding hydrogens is 240 g/mol. The molecule has 1 aliphatic carbocycles. The Morgan fingerprint density at radius 2 is 2.06 bits per heavy atom. The summed E-state index contributed by atoms with van der Waals surface area (Å²) < 4.78 is 0. The van der Waals surface area contributed by atoms with Crippen LogP contribution in [-0.4, -0.2) is 11.0 Å². The molecule has 0 bridgehead atoms. The standard InChI is InChI=1S/C12H13ClN2O2/c1-8-6-12(15(16)17)10(13)7-11(8)14-9-4-2-3-5-9/h2-3,6-7,9,14H,4-5H2,1H3. The van der Waals surface area contributed by atoms with E-state index in [4.69, 9.17) is 11.6 Å². The van der Waals surface area contributed by atoms with Crippen LogP contribution in [0.4, 0.5) is 11.4 Å². The summed E-state index contributed by atoms with van der Waals surface area (Å²) in [6.45, 7) is 1.84. The van der Waals surface area contributed by atoms with Crippen LogP contribution in [0.3, 0.4) is 0 Å². The second kappa shape index (κ2) is 4.75. The summed E-state index contributed by atoms with van der Waals surface area (Å²) in [6, 6.07) is 3.51. The molecule has 2 rings (SSSR count). The molecular formula is C12H13ClN2O2. The number of aryl methyl sites for hydroxylation is 1. The highest BCUT2D eigenvalue weighted by molar-refractivity contribution is 6.33. The lowest BCUT2D eigenvalue weighted by molar-refractivity contribution is -0.384. The van der Waals surface area contributed by atoms with Crippen LogP contribution in [0.2, 0.25) is 5.02 Å². The van der Waals surface area contributed by atoms with Gasteiger partial charge < -0.3 is 5.32 Å². The van der Waals surface area contributed by atoms with Crippen molar-refractivity contribution in [3.8, 4) is 0 Å². The number of hydrogen-bond acceptors (Lipinski definition) is 3. The highest BCUT2D eigenvalue weighted by Crippen LogP contribution is 2.31. The first-order valence-corrected chi connectivity index (χ1v) is 5.82. The van der Waals surface area contributed by atoms with E-state index in [1.807, 2.05) is 6.92 Å². The van der Waals surface area contributed by atoms with Crippen molar-refractivity contribution in [2.45, 2.75) is 25.8 Å². The Balaban J connectivity index is 2.23. The lowest BCUT2D eigenvalue weighted by atomic mass is 10.1. The highest BCUT2D eigenvalue weighted by Gasteiger charge is 2.17. The molecule has 0 fully saturated rings. The minimum absolute atomic E-state index is 0.0423. The average molecular weight is 253 g/mol. The van der Waals surface area contributed by atoms with Gasteiger partial charge in [0, 0.05) is 17.8 Å². The maximum Gasteiger partial charge on any atom is 0.288 e. The van der Waals surface area contributed by atoms with Gasteiger partial charge in [-0.2, -0.15) is 0 Å². The average Bonchev–Trinajstić information content (AvgIpc) is 2.75. The molecule has 0 atom stereocenters. The maximum atomic E-state index is 10.7. The topological polar surface area (TPSA) is 55.2 Å². The molecule has 5 heteroatoms. The van der Waals surface area contributed by atoms with Crippen molar-refractivity contribution in [3.05, 3.63) is 45.0 Å². The van der Waals surface area contributed by atoms with Gasteiger partial charge in [0.15, 0.2) is 0 Å². The minimum atomic E-state index is -0.462. The van der Waals surface area contributed by atoms with Gasteiger partial charge in [0.1, 0.15) is 5.02 Å². The molecule has 0 aliphatic heterocycles. The molecule has 1 aliphatic rings. The monoisotopic (exact) mass is 252 g/mol. The van der Waals surface area contributed by atoms with Crippen LogP contribution in [0.15, 0.2) is 24.3 Å². The largest absolute Gasteiger partial charge is 0.381 e. The Morgan fingerprint density at radius 1 is 1.41 bits per heavy atom. The number of nitrogens with zero attached hydrogens (tertiary/aromatic N) is 1. The predicted molar refractivity (Wildman–Crippen MR) is 68.6 cm³/mol. The third-order valence-electron chi connectivity index (χ3n) is 2.86. The molecule has 17 heavy (non-hydrogen) atoms. The summed E-state index contributed by atoms with van der Waals surface area (Å²) in [7, 11) is 0. The number of halogens is 1. The zero-order valence-corrected chi connectivity index (χ0v) is 10.2. The molecule has 0 spiro atoms. The van der Waals surface area contributed by atoms with Gasteiger partial charge in [-0.05, 0) is 31.4 Å². The molecule has 0 amide bonds. The van der Waals surface area contributed by atoms with Crippen LogP contribution in [-0.2, 0) is 0 Å². The summed E-state index contributed by atoms with van der Waals surface area (Å²) in [5, 5.41) is 14.2. The van der Waals surface area contributed by atoms with Gasteiger partial charge in [0.05, 0.1) is 4.92 Å². The summed E-state index contributed by atoms with van der Waals surface area (Å²) in [5.41, 5.74) is 1.67. The molecule has 0 heterocycles. The zero-order valence-electron chi connectivity index (χ0n) is 9.44. The zero-order chi connectivity index (χ0) is 12.4. The van der Waals surface area contributed by atoms with Crippen molar-refractivity contribution in [1.82, 2.24) is 0 Å². The van der Waals surface area contributed by atoms with E-state index in [1.54, 1.807) is 6.07 Å². The lowest BCUT2D eigenvalue weighted by Crippen LogP contribution is -2.15. The van der Waals surface area contributed by atoms with E-state index in [-0.39, 0.29) is 10.7 Å². The first-order chi connectivity index (χ1) is 8.08. The molecule has 0 radical (unpaired) electrons. The van der Waals surface area contributed by atoms with Crippen molar-refractivity contribution in [2.75, 3.05) is 5.32 Å². The molecule has 90 valence electrons. The second-order valence-corrected chi connectivity index (χ2v) is 4.57. The van der Waals surface area contributed by atoms with E-state index in [1.165, 1.54) is 6.07 Å². The number of nitro groups is 1. The number of hydrogen-bond donors (Lipinski definition) is 1. The van der Waals surface area contributed by atoms with Gasteiger partial charge in [-0.3, -0.25) is 10.1 Å². The summed E-state index contributed by atoms with van der Waals surface area (Å²) in [4.78, 5) is 10.3. The smallest absolute Gasteiger partial charge is 0.288 e. The van der Waals surface area contributed by atoms with Gasteiger partial charge >= 0.3 is 0 Å². The van der Waals surface area contributed by atoms with Crippen LogP contribution in [0.1, 0.15) is 18.4 Å². The van der Waals surface area contributed by atoms with Crippen LogP contribution < -0.4 is 5.32 Å². The molecule has 1 N–H and O–H groups in total. The molecule has 1 aromatic carbocycles. The Morgan fingerprint density at radius 3 is 2.65 bits per heavy atom. The molecule has 0 aromatic heterocycles. The van der Waals surface area contributed by atoms with E-state index in [2.05, 4.69) is 17.5 Å². The van der Waals surface area contributed by atoms with E-state index >= 15 is 0 Å². The van der Waals surface area contributed by atoms with Gasteiger partial charge in [-0.25, -0.2) is 0 Å². The quantitative estimate of drug-likeness (QED) is 0.507. The Kier molecular flexibility index (Phi) is 3.33. The maximum absolute atomic E-state index is 10.7. The van der Waals surface area contributed by atoms with Gasteiger partial charge in [0.2, 0.25) is 0 Å². The van der Waals surface area contributed by atoms with E-state index < -0.39 is 4.92 Å². The number of nitro benzene ring substituents is 1. The van der Waals surface area contributed by atoms with Crippen molar-refractivity contribution in [1.29, 1.82) is 0 Å². The fourth-order valence-electron chi connectivity index (χ4n) is 1.92. The van der Waals surface area contributed by atoms with Crippen molar-refractivity contribution < 1.29 is 4.92 Å². The van der Waals surface area contributed by atoms with Crippen LogP contribution in [0.5, 0.6) is 0 Å². The second-order valence-electron chi connectivity index (χ2n) is 4.16. The molecule has 4 nitrogen and oxygen atoms in total. The van der Waals surface area contributed by atoms with Crippen LogP contribution in [0, 0.1) is 17.0 Å². The number of anilines is 1. The normalized spacial score (nSPS) is 15.2. The Hall–Kier alpha value is -1.55. The van der Waals surface area contributed by atoms with Crippen molar-refractivity contribution in [2.24, 2.45) is 0 Å². The van der Waals surface area contributed by atoms with Gasteiger partial charge in [-0.15, -0.1) is 0 Å². The Labute approximate surface area is 104 Å². The SMILES string of the molecule is Cc1cc([N+](=O)[O-])c(Cl)cc1NC1CC=CC1. The highest BCUT2D eigenvalue weighted by atomic mass is 35.5. The fraction of sp³-hybridized carbons (Fsp3) is 0.333. The molecule has 1 aromatic rings. The summed E-state index contributed by atoms with van der Waals surface area (Å²) in [6.07, 6.45) is 6.21. The first-order valence-electron chi connectivity index (χ1n) is 5.44. The van der Waals surface area contributed by atoms with Gasteiger partial charge in [0.25, 0.3) is 5.69 Å².